The van der Waals surface area contributed by atoms with Crippen molar-refractivity contribution in [2.45, 2.75) is 25.4 Å². The predicted octanol–water partition coefficient (Wildman–Crippen LogP) is 1.93. The molecular formula is C15H23FN2O. The zero-order valence-electron chi connectivity index (χ0n) is 11.3. The summed E-state index contributed by atoms with van der Waals surface area (Å²) in [5.41, 5.74) is 0.630. The monoisotopic (exact) mass is 266 g/mol. The molecule has 0 radical (unpaired) electrons. The number of benzene rings is 1. The Balaban J connectivity index is 1.64. The molecule has 1 fully saturated rings. The third-order valence-corrected chi connectivity index (χ3v) is 3.62. The van der Waals surface area contributed by atoms with Crippen molar-refractivity contribution in [1.29, 1.82) is 0 Å². The van der Waals surface area contributed by atoms with Crippen LogP contribution in [0.1, 0.15) is 30.9 Å². The largest absolute Gasteiger partial charge is 0.387 e. The van der Waals surface area contributed by atoms with Crippen molar-refractivity contribution >= 4 is 0 Å². The Hall–Kier alpha value is -0.970. The molecule has 1 aliphatic rings. The van der Waals surface area contributed by atoms with Gasteiger partial charge >= 0.3 is 0 Å². The molecule has 0 saturated carbocycles. The van der Waals surface area contributed by atoms with E-state index in [4.69, 9.17) is 0 Å². The third kappa shape index (κ3) is 4.90. The van der Waals surface area contributed by atoms with Gasteiger partial charge in [-0.2, -0.15) is 0 Å². The number of aliphatic hydroxyl groups is 1. The van der Waals surface area contributed by atoms with Gasteiger partial charge in [-0.3, -0.25) is 0 Å². The summed E-state index contributed by atoms with van der Waals surface area (Å²) in [4.78, 5) is 2.45. The molecule has 1 unspecified atom stereocenters. The van der Waals surface area contributed by atoms with E-state index in [9.17, 15) is 9.50 Å². The second-order valence-corrected chi connectivity index (χ2v) is 5.18. The topological polar surface area (TPSA) is 35.5 Å². The molecule has 0 bridgehead atoms. The molecule has 1 atom stereocenters. The van der Waals surface area contributed by atoms with Crippen molar-refractivity contribution in [2.75, 3.05) is 32.7 Å². The predicted molar refractivity (Wildman–Crippen MR) is 74.5 cm³/mol. The molecule has 2 rings (SSSR count). The maximum Gasteiger partial charge on any atom is 0.123 e. The Bertz CT molecular complexity index is 380. The molecule has 19 heavy (non-hydrogen) atoms. The minimum atomic E-state index is -0.642. The zero-order chi connectivity index (χ0) is 13.5. The van der Waals surface area contributed by atoms with E-state index in [1.807, 2.05) is 0 Å². The van der Waals surface area contributed by atoms with Crippen LogP contribution >= 0.6 is 0 Å². The molecule has 0 spiro atoms. The van der Waals surface area contributed by atoms with Gasteiger partial charge in [-0.15, -0.1) is 0 Å². The first kappa shape index (κ1) is 14.4. The summed E-state index contributed by atoms with van der Waals surface area (Å²) in [6.45, 7) is 4.74. The van der Waals surface area contributed by atoms with Gasteiger partial charge in [0.1, 0.15) is 5.82 Å². The van der Waals surface area contributed by atoms with Crippen molar-refractivity contribution in [3.63, 3.8) is 0 Å². The van der Waals surface area contributed by atoms with Gasteiger partial charge < -0.3 is 15.3 Å². The average Bonchev–Trinajstić information content (AvgIpc) is 2.44. The van der Waals surface area contributed by atoms with Crippen LogP contribution in [0.3, 0.4) is 0 Å². The number of nitrogens with one attached hydrogen (secondary N) is 1. The van der Waals surface area contributed by atoms with Gasteiger partial charge in [0.25, 0.3) is 0 Å². The van der Waals surface area contributed by atoms with Crippen molar-refractivity contribution in [3.8, 4) is 0 Å². The highest BCUT2D eigenvalue weighted by molar-refractivity contribution is 5.18. The Morgan fingerprint density at radius 2 is 2.05 bits per heavy atom. The van der Waals surface area contributed by atoms with Gasteiger partial charge in [-0.05, 0) is 43.6 Å². The zero-order valence-corrected chi connectivity index (χ0v) is 11.3. The van der Waals surface area contributed by atoms with Crippen molar-refractivity contribution < 1.29 is 9.50 Å². The number of rotatable bonds is 6. The second-order valence-electron chi connectivity index (χ2n) is 5.18. The number of hydrogen-bond acceptors (Lipinski definition) is 3. The quantitative estimate of drug-likeness (QED) is 0.772. The van der Waals surface area contributed by atoms with Crippen molar-refractivity contribution in [3.05, 3.63) is 35.6 Å². The van der Waals surface area contributed by atoms with E-state index in [-0.39, 0.29) is 5.82 Å². The van der Waals surface area contributed by atoms with Crippen molar-refractivity contribution in [1.82, 2.24) is 10.2 Å². The number of hydrogen-bond donors (Lipinski definition) is 2. The van der Waals surface area contributed by atoms with Crippen LogP contribution < -0.4 is 5.32 Å². The van der Waals surface area contributed by atoms with Gasteiger partial charge in [0.2, 0.25) is 0 Å². The molecule has 3 nitrogen and oxygen atoms in total. The fourth-order valence-corrected chi connectivity index (χ4v) is 2.49. The first-order valence-electron chi connectivity index (χ1n) is 7.12. The Morgan fingerprint density at radius 1 is 1.26 bits per heavy atom. The highest BCUT2D eigenvalue weighted by atomic mass is 19.1. The fraction of sp³-hybridized carbons (Fsp3) is 0.600. The maximum absolute atomic E-state index is 13.0. The lowest BCUT2D eigenvalue weighted by molar-refractivity contribution is 0.169. The summed E-state index contributed by atoms with van der Waals surface area (Å²) >= 11 is 0. The van der Waals surface area contributed by atoms with Crippen LogP contribution in [0.25, 0.3) is 0 Å². The molecule has 1 heterocycles. The lowest BCUT2D eigenvalue weighted by Gasteiger charge is -2.26. The normalized spacial score (nSPS) is 18.4. The summed E-state index contributed by atoms with van der Waals surface area (Å²) in [7, 11) is 0. The van der Waals surface area contributed by atoms with Gasteiger partial charge in [0.05, 0.1) is 6.10 Å². The van der Waals surface area contributed by atoms with Gasteiger partial charge in [0, 0.05) is 19.6 Å². The highest BCUT2D eigenvalue weighted by Crippen LogP contribution is 2.13. The maximum atomic E-state index is 13.0. The van der Waals surface area contributed by atoms with E-state index < -0.39 is 6.10 Å². The lowest BCUT2D eigenvalue weighted by atomic mass is 10.1. The van der Waals surface area contributed by atoms with Gasteiger partial charge in [0.15, 0.2) is 0 Å². The van der Waals surface area contributed by atoms with E-state index in [1.54, 1.807) is 12.1 Å². The number of nitrogens with zero attached hydrogens (tertiary/aromatic N) is 1. The second kappa shape index (κ2) is 7.58. The summed E-state index contributed by atoms with van der Waals surface area (Å²) in [6, 6.07) is 6.15. The molecule has 1 aromatic rings. The minimum absolute atomic E-state index is 0.301. The van der Waals surface area contributed by atoms with E-state index in [2.05, 4.69) is 10.2 Å². The number of halogens is 1. The van der Waals surface area contributed by atoms with Crippen LogP contribution in [0.2, 0.25) is 0 Å². The van der Waals surface area contributed by atoms with Gasteiger partial charge in [-0.1, -0.05) is 18.6 Å². The molecule has 1 aliphatic heterocycles. The highest BCUT2D eigenvalue weighted by Gasteiger charge is 2.10. The molecule has 4 heteroatoms. The SMILES string of the molecule is OC(CNCCN1CCCCC1)c1cccc(F)c1. The number of aliphatic hydroxyl groups excluding tert-OH is 1. The fourth-order valence-electron chi connectivity index (χ4n) is 2.49. The Morgan fingerprint density at radius 3 is 2.79 bits per heavy atom. The van der Waals surface area contributed by atoms with Gasteiger partial charge in [-0.25, -0.2) is 4.39 Å². The van der Waals surface area contributed by atoms with E-state index in [0.717, 1.165) is 13.1 Å². The molecule has 1 aromatic carbocycles. The van der Waals surface area contributed by atoms with Crippen LogP contribution in [-0.2, 0) is 0 Å². The molecule has 1 saturated heterocycles. The molecule has 2 N–H and O–H groups in total. The van der Waals surface area contributed by atoms with Crippen LogP contribution in [0.4, 0.5) is 4.39 Å². The molecular weight excluding hydrogens is 243 g/mol. The van der Waals surface area contributed by atoms with E-state index >= 15 is 0 Å². The summed E-state index contributed by atoms with van der Waals surface area (Å²) in [5, 5.41) is 13.2. The van der Waals surface area contributed by atoms with Crippen LogP contribution in [-0.4, -0.2) is 42.7 Å². The van der Waals surface area contributed by atoms with Crippen molar-refractivity contribution in [2.24, 2.45) is 0 Å². The minimum Gasteiger partial charge on any atom is -0.387 e. The molecule has 0 aliphatic carbocycles. The Kier molecular flexibility index (Phi) is 5.76. The number of likely N-dealkylation sites (tertiary alicyclic amines) is 1. The molecule has 106 valence electrons. The van der Waals surface area contributed by atoms with Crippen LogP contribution in [0.15, 0.2) is 24.3 Å². The Labute approximate surface area is 114 Å². The van der Waals surface area contributed by atoms with E-state index in [1.165, 1.54) is 44.5 Å². The molecule has 0 amide bonds. The standard InChI is InChI=1S/C15H23FN2O/c16-14-6-4-5-13(11-14)15(19)12-17-7-10-18-8-2-1-3-9-18/h4-6,11,15,17,19H,1-3,7-10,12H2. The smallest absolute Gasteiger partial charge is 0.123 e. The first-order chi connectivity index (χ1) is 9.25. The summed E-state index contributed by atoms with van der Waals surface area (Å²) in [5.74, 6) is -0.301. The third-order valence-electron chi connectivity index (χ3n) is 3.62. The lowest BCUT2D eigenvalue weighted by Crippen LogP contribution is -2.36. The summed E-state index contributed by atoms with van der Waals surface area (Å²) < 4.78 is 13.0. The first-order valence-corrected chi connectivity index (χ1v) is 7.12. The van der Waals surface area contributed by atoms with Crippen LogP contribution in [0, 0.1) is 5.82 Å². The number of piperidine rings is 1. The average molecular weight is 266 g/mol. The van der Waals surface area contributed by atoms with Crippen LogP contribution in [0.5, 0.6) is 0 Å². The molecule has 0 aromatic heterocycles. The summed E-state index contributed by atoms with van der Waals surface area (Å²) in [6.07, 6.45) is 3.30. The van der Waals surface area contributed by atoms with E-state index in [0.29, 0.717) is 12.1 Å².